The minimum absolute atomic E-state index is 0.122. The van der Waals surface area contributed by atoms with Gasteiger partial charge in [0.2, 0.25) is 0 Å². The zero-order valence-corrected chi connectivity index (χ0v) is 19.1. The lowest BCUT2D eigenvalue weighted by molar-refractivity contribution is -0.181. The molecule has 5 nitrogen and oxygen atoms in total. The predicted molar refractivity (Wildman–Crippen MR) is 125 cm³/mol. The molecule has 3 unspecified atom stereocenters. The Hall–Kier alpha value is -2.24. The summed E-state index contributed by atoms with van der Waals surface area (Å²) < 4.78 is 6.16. The molecule has 32 heavy (non-hydrogen) atoms. The van der Waals surface area contributed by atoms with Crippen molar-refractivity contribution in [2.75, 3.05) is 13.1 Å². The molecular weight excluding hydrogens is 400 g/mol. The Morgan fingerprint density at radius 3 is 2.44 bits per heavy atom. The van der Waals surface area contributed by atoms with Gasteiger partial charge < -0.3 is 15.2 Å². The molecular formula is C27H36N2O3. The molecule has 0 spiro atoms. The highest BCUT2D eigenvalue weighted by molar-refractivity contribution is 5.82. The third-order valence-corrected chi connectivity index (χ3v) is 7.51. The van der Waals surface area contributed by atoms with E-state index in [2.05, 4.69) is 17.2 Å². The maximum Gasteiger partial charge on any atom is 0.343 e. The fourth-order valence-electron chi connectivity index (χ4n) is 5.51. The number of aromatic nitrogens is 1. The van der Waals surface area contributed by atoms with Crippen molar-refractivity contribution < 1.29 is 14.6 Å². The largest absolute Gasteiger partial charge is 0.453 e. The van der Waals surface area contributed by atoms with E-state index in [-0.39, 0.29) is 5.92 Å². The van der Waals surface area contributed by atoms with Crippen LogP contribution in [0, 0.1) is 17.8 Å². The molecule has 172 valence electrons. The van der Waals surface area contributed by atoms with Gasteiger partial charge in [0.05, 0.1) is 5.69 Å². The molecule has 2 N–H and O–H groups in total. The van der Waals surface area contributed by atoms with Crippen LogP contribution in [0.1, 0.15) is 69.2 Å². The number of pyridine rings is 1. The number of ether oxygens (including phenoxy) is 1. The molecule has 1 aliphatic heterocycles. The molecule has 4 rings (SSSR count). The first-order chi connectivity index (χ1) is 15.6. The van der Waals surface area contributed by atoms with Gasteiger partial charge in [0.25, 0.3) is 0 Å². The minimum Gasteiger partial charge on any atom is -0.453 e. The number of carbonyl (C=O) groups is 1. The van der Waals surface area contributed by atoms with Gasteiger partial charge in [-0.1, -0.05) is 56.2 Å². The second-order valence-electron chi connectivity index (χ2n) is 9.56. The van der Waals surface area contributed by atoms with Crippen molar-refractivity contribution in [3.8, 4) is 0 Å². The lowest BCUT2D eigenvalue weighted by Crippen LogP contribution is -2.44. The first-order valence-corrected chi connectivity index (χ1v) is 12.2. The van der Waals surface area contributed by atoms with Gasteiger partial charge in [-0.15, -0.1) is 0 Å². The molecule has 1 saturated heterocycles. The number of nitrogens with zero attached hydrogens (tertiary/aromatic N) is 1. The molecule has 1 aliphatic carbocycles. The number of esters is 1. The van der Waals surface area contributed by atoms with Gasteiger partial charge >= 0.3 is 5.97 Å². The molecule has 0 amide bonds. The summed E-state index contributed by atoms with van der Waals surface area (Å²) in [7, 11) is 0. The normalized spacial score (nSPS) is 21.6. The zero-order chi connectivity index (χ0) is 22.4. The summed E-state index contributed by atoms with van der Waals surface area (Å²) in [5.74, 6) is 0.338. The van der Waals surface area contributed by atoms with E-state index in [4.69, 9.17) is 4.74 Å². The van der Waals surface area contributed by atoms with Crippen molar-refractivity contribution >= 4 is 5.97 Å². The second kappa shape index (κ2) is 10.6. The average Bonchev–Trinajstić information content (AvgIpc) is 3.40. The van der Waals surface area contributed by atoms with Crippen molar-refractivity contribution in [3.05, 3.63) is 66.0 Å². The second-order valence-corrected chi connectivity index (χ2v) is 9.56. The fraction of sp³-hybridized carbons (Fsp3) is 0.556. The Balaban J connectivity index is 1.58. The molecule has 3 atom stereocenters. The Morgan fingerprint density at radius 2 is 1.78 bits per heavy atom. The highest BCUT2D eigenvalue weighted by Gasteiger charge is 2.48. The van der Waals surface area contributed by atoms with Gasteiger partial charge in [0, 0.05) is 12.1 Å². The lowest BCUT2D eigenvalue weighted by atomic mass is 9.79. The minimum atomic E-state index is -1.62. The van der Waals surface area contributed by atoms with Crippen LogP contribution in [0.3, 0.4) is 0 Å². The van der Waals surface area contributed by atoms with E-state index in [1.54, 1.807) is 6.20 Å². The number of carbonyl (C=O) groups excluding carboxylic acids is 1. The Morgan fingerprint density at radius 1 is 1.09 bits per heavy atom. The van der Waals surface area contributed by atoms with Gasteiger partial charge in [0.15, 0.2) is 5.60 Å². The van der Waals surface area contributed by atoms with E-state index in [1.165, 1.54) is 0 Å². The van der Waals surface area contributed by atoms with E-state index in [1.807, 2.05) is 48.5 Å². The number of hydrogen-bond donors (Lipinski definition) is 2. The number of rotatable bonds is 8. The summed E-state index contributed by atoms with van der Waals surface area (Å²) in [5.41, 5.74) is -0.241. The van der Waals surface area contributed by atoms with Crippen LogP contribution in [-0.4, -0.2) is 29.1 Å². The Bertz CT molecular complexity index is 848. The third kappa shape index (κ3) is 5.05. The van der Waals surface area contributed by atoms with Crippen LogP contribution in [0.25, 0.3) is 0 Å². The lowest BCUT2D eigenvalue weighted by Gasteiger charge is -2.35. The molecule has 0 radical (unpaired) electrons. The van der Waals surface area contributed by atoms with E-state index in [0.29, 0.717) is 23.8 Å². The zero-order valence-electron chi connectivity index (χ0n) is 19.1. The van der Waals surface area contributed by atoms with Crippen molar-refractivity contribution in [2.24, 2.45) is 17.8 Å². The molecule has 2 heterocycles. The van der Waals surface area contributed by atoms with Gasteiger partial charge in [0.1, 0.15) is 6.10 Å². The van der Waals surface area contributed by atoms with Crippen LogP contribution < -0.4 is 5.32 Å². The van der Waals surface area contributed by atoms with E-state index >= 15 is 0 Å². The maximum atomic E-state index is 13.7. The van der Waals surface area contributed by atoms with Crippen molar-refractivity contribution in [1.82, 2.24) is 10.3 Å². The smallest absolute Gasteiger partial charge is 0.343 e. The summed E-state index contributed by atoms with van der Waals surface area (Å²) in [6, 6.07) is 15.1. The summed E-state index contributed by atoms with van der Waals surface area (Å²) in [5, 5.41) is 15.3. The van der Waals surface area contributed by atoms with Crippen LogP contribution in [0.15, 0.2) is 54.7 Å². The first kappa shape index (κ1) is 22.9. The number of aliphatic hydroxyl groups is 1. The van der Waals surface area contributed by atoms with Crippen molar-refractivity contribution in [2.45, 2.75) is 63.6 Å². The number of benzene rings is 1. The molecule has 0 bridgehead atoms. The SMILES string of the molecule is CC(CC(OC(=O)C(O)(c1ccccc1)C1CCCC1)c1ccccn1)C1CCNCC1. The average molecular weight is 437 g/mol. The van der Waals surface area contributed by atoms with Gasteiger partial charge in [-0.25, -0.2) is 4.79 Å². The topological polar surface area (TPSA) is 71.5 Å². The summed E-state index contributed by atoms with van der Waals surface area (Å²) in [4.78, 5) is 18.2. The van der Waals surface area contributed by atoms with E-state index in [0.717, 1.165) is 57.3 Å². The number of piperidine rings is 1. The van der Waals surface area contributed by atoms with Crippen LogP contribution in [0.4, 0.5) is 0 Å². The first-order valence-electron chi connectivity index (χ1n) is 12.2. The van der Waals surface area contributed by atoms with Gasteiger partial charge in [-0.05, 0) is 74.7 Å². The molecule has 2 aliphatic rings. The van der Waals surface area contributed by atoms with Gasteiger partial charge in [-0.3, -0.25) is 4.98 Å². The highest BCUT2D eigenvalue weighted by Crippen LogP contribution is 2.43. The highest BCUT2D eigenvalue weighted by atomic mass is 16.6. The summed E-state index contributed by atoms with van der Waals surface area (Å²) in [6.07, 6.45) is 7.99. The quantitative estimate of drug-likeness (QED) is 0.583. The fourth-order valence-corrected chi connectivity index (χ4v) is 5.51. The summed E-state index contributed by atoms with van der Waals surface area (Å²) >= 11 is 0. The van der Waals surface area contributed by atoms with E-state index in [9.17, 15) is 9.90 Å². The maximum absolute atomic E-state index is 13.7. The monoisotopic (exact) mass is 436 g/mol. The Labute approximate surface area is 191 Å². The van der Waals surface area contributed by atoms with Crippen molar-refractivity contribution in [3.63, 3.8) is 0 Å². The molecule has 2 aromatic rings. The Kier molecular flexibility index (Phi) is 7.59. The molecule has 1 aromatic heterocycles. The third-order valence-electron chi connectivity index (χ3n) is 7.51. The number of hydrogen-bond acceptors (Lipinski definition) is 5. The number of nitrogens with one attached hydrogen (secondary N) is 1. The molecule has 5 heteroatoms. The van der Waals surface area contributed by atoms with E-state index < -0.39 is 17.7 Å². The summed E-state index contributed by atoms with van der Waals surface area (Å²) in [6.45, 7) is 4.33. The van der Waals surface area contributed by atoms with Crippen LogP contribution in [-0.2, 0) is 15.1 Å². The van der Waals surface area contributed by atoms with Crippen LogP contribution in [0.5, 0.6) is 0 Å². The predicted octanol–water partition coefficient (Wildman–Crippen LogP) is 4.77. The molecule has 2 fully saturated rings. The van der Waals surface area contributed by atoms with Crippen LogP contribution in [0.2, 0.25) is 0 Å². The van der Waals surface area contributed by atoms with Crippen LogP contribution >= 0.6 is 0 Å². The molecule has 1 saturated carbocycles. The van der Waals surface area contributed by atoms with Crippen molar-refractivity contribution in [1.29, 1.82) is 0 Å². The molecule has 1 aromatic carbocycles. The standard InChI is InChI=1S/C27H36N2O3/c1-20(21-14-17-28-18-15-21)19-25(24-13-7-8-16-29-24)32-26(30)27(31,23-11-5-6-12-23)22-9-3-2-4-10-22/h2-4,7-10,13,16,20-21,23,25,28,31H,5-6,11-12,14-15,17-19H2,1H3. The van der Waals surface area contributed by atoms with Gasteiger partial charge in [-0.2, -0.15) is 0 Å².